The third-order valence-corrected chi connectivity index (χ3v) is 5.72. The average molecular weight is 415 g/mol. The fourth-order valence-electron chi connectivity index (χ4n) is 3.85. The minimum atomic E-state index is -0.202. The van der Waals surface area contributed by atoms with Crippen molar-refractivity contribution in [1.82, 2.24) is 5.32 Å². The lowest BCUT2D eigenvalue weighted by Gasteiger charge is -2.22. The van der Waals surface area contributed by atoms with Gasteiger partial charge in [0, 0.05) is 18.3 Å². The zero-order chi connectivity index (χ0) is 22.0. The molecule has 4 N–H and O–H groups in total. The summed E-state index contributed by atoms with van der Waals surface area (Å²) in [5, 5.41) is 5.97. The summed E-state index contributed by atoms with van der Waals surface area (Å²) in [4.78, 5) is 27.0. The Hall–Kier alpha value is -3.80. The van der Waals surface area contributed by atoms with Gasteiger partial charge in [-0.15, -0.1) is 0 Å². The summed E-state index contributed by atoms with van der Waals surface area (Å²) in [5.41, 5.74) is 11.7. The standard InChI is InChI=1S/C25H26N4O2/c1-16-7-11-19(12-8-16)29(2)25(31)28-22-14-10-17-15-18(9-13-20(17)22)24(30)27-23-6-4-3-5-21(23)26/h3-9,11-13,15,22H,10,14,26H2,1-2H3,(H,27,30)(H,28,31). The van der Waals surface area contributed by atoms with Crippen molar-refractivity contribution < 1.29 is 9.59 Å². The van der Waals surface area contributed by atoms with Crippen LogP contribution in [0.15, 0.2) is 66.7 Å². The third kappa shape index (κ3) is 4.38. The molecule has 1 atom stereocenters. The van der Waals surface area contributed by atoms with Gasteiger partial charge in [0.05, 0.1) is 17.4 Å². The molecule has 0 aliphatic heterocycles. The van der Waals surface area contributed by atoms with Crippen molar-refractivity contribution in [3.63, 3.8) is 0 Å². The number of aryl methyl sites for hydroxylation is 2. The van der Waals surface area contributed by atoms with Gasteiger partial charge in [-0.1, -0.05) is 35.9 Å². The van der Waals surface area contributed by atoms with Gasteiger partial charge in [-0.25, -0.2) is 4.79 Å². The normalized spacial score (nSPS) is 14.6. The number of nitrogens with one attached hydrogen (secondary N) is 2. The molecule has 6 heteroatoms. The molecule has 0 bridgehead atoms. The number of carbonyl (C=O) groups excluding carboxylic acids is 2. The molecule has 0 heterocycles. The Labute approximate surface area is 182 Å². The van der Waals surface area contributed by atoms with Crippen LogP contribution in [-0.2, 0) is 6.42 Å². The number of nitrogens with zero attached hydrogens (tertiary/aromatic N) is 1. The van der Waals surface area contributed by atoms with Crippen LogP contribution in [0.5, 0.6) is 0 Å². The molecule has 0 fully saturated rings. The molecule has 0 aromatic heterocycles. The monoisotopic (exact) mass is 414 g/mol. The van der Waals surface area contributed by atoms with Crippen LogP contribution in [0.25, 0.3) is 0 Å². The summed E-state index contributed by atoms with van der Waals surface area (Å²) in [6.07, 6.45) is 1.61. The maximum Gasteiger partial charge on any atom is 0.322 e. The van der Waals surface area contributed by atoms with E-state index < -0.39 is 0 Å². The second-order valence-electron chi connectivity index (χ2n) is 7.89. The number of nitrogen functional groups attached to an aromatic ring is 1. The van der Waals surface area contributed by atoms with Gasteiger partial charge in [-0.05, 0) is 67.3 Å². The zero-order valence-corrected chi connectivity index (χ0v) is 17.7. The van der Waals surface area contributed by atoms with Crippen molar-refractivity contribution in [1.29, 1.82) is 0 Å². The number of anilines is 3. The second kappa shape index (κ2) is 8.52. The maximum absolute atomic E-state index is 12.7. The van der Waals surface area contributed by atoms with E-state index >= 15 is 0 Å². The van der Waals surface area contributed by atoms with E-state index in [2.05, 4.69) is 10.6 Å². The summed E-state index contributed by atoms with van der Waals surface area (Å²) in [7, 11) is 1.76. The summed E-state index contributed by atoms with van der Waals surface area (Å²) in [6, 6.07) is 20.4. The predicted octanol–water partition coefficient (Wildman–Crippen LogP) is 4.66. The Balaban J connectivity index is 1.44. The van der Waals surface area contributed by atoms with E-state index in [0.29, 0.717) is 16.9 Å². The first-order valence-corrected chi connectivity index (χ1v) is 10.3. The maximum atomic E-state index is 12.7. The Morgan fingerprint density at radius 1 is 1.03 bits per heavy atom. The topological polar surface area (TPSA) is 87.5 Å². The number of rotatable bonds is 4. The summed E-state index contributed by atoms with van der Waals surface area (Å²) >= 11 is 0. The third-order valence-electron chi connectivity index (χ3n) is 5.72. The minimum Gasteiger partial charge on any atom is -0.397 e. The van der Waals surface area contributed by atoms with E-state index in [-0.39, 0.29) is 18.0 Å². The van der Waals surface area contributed by atoms with Crippen molar-refractivity contribution in [2.24, 2.45) is 0 Å². The number of hydrogen-bond donors (Lipinski definition) is 3. The molecule has 158 valence electrons. The van der Waals surface area contributed by atoms with Crippen LogP contribution in [-0.4, -0.2) is 19.0 Å². The van der Waals surface area contributed by atoms with E-state index in [1.165, 1.54) is 0 Å². The minimum absolute atomic E-state index is 0.0720. The second-order valence-corrected chi connectivity index (χ2v) is 7.89. The molecular formula is C25H26N4O2. The van der Waals surface area contributed by atoms with Crippen LogP contribution < -0.4 is 21.3 Å². The van der Waals surface area contributed by atoms with Gasteiger partial charge in [0.2, 0.25) is 0 Å². The molecule has 3 aromatic carbocycles. The smallest absolute Gasteiger partial charge is 0.322 e. The van der Waals surface area contributed by atoms with Crippen LogP contribution in [0, 0.1) is 6.92 Å². The van der Waals surface area contributed by atoms with Gasteiger partial charge in [0.15, 0.2) is 0 Å². The van der Waals surface area contributed by atoms with E-state index in [4.69, 9.17) is 5.73 Å². The van der Waals surface area contributed by atoms with Crippen molar-refractivity contribution in [2.75, 3.05) is 23.0 Å². The van der Waals surface area contributed by atoms with Gasteiger partial charge in [-0.3, -0.25) is 9.69 Å². The molecule has 1 aliphatic rings. The first-order valence-electron chi connectivity index (χ1n) is 10.3. The molecule has 0 saturated heterocycles. The van der Waals surface area contributed by atoms with Gasteiger partial charge >= 0.3 is 6.03 Å². The van der Waals surface area contributed by atoms with E-state index in [0.717, 1.165) is 35.2 Å². The van der Waals surface area contributed by atoms with Crippen molar-refractivity contribution in [3.8, 4) is 0 Å². The largest absolute Gasteiger partial charge is 0.397 e. The molecule has 4 rings (SSSR count). The van der Waals surface area contributed by atoms with Crippen molar-refractivity contribution in [2.45, 2.75) is 25.8 Å². The Morgan fingerprint density at radius 3 is 2.52 bits per heavy atom. The molecule has 0 saturated carbocycles. The molecule has 0 radical (unpaired) electrons. The molecule has 1 aliphatic carbocycles. The van der Waals surface area contributed by atoms with E-state index in [9.17, 15) is 9.59 Å². The molecule has 31 heavy (non-hydrogen) atoms. The molecule has 3 aromatic rings. The first-order chi connectivity index (χ1) is 14.9. The van der Waals surface area contributed by atoms with Gasteiger partial charge in [0.1, 0.15) is 0 Å². The van der Waals surface area contributed by atoms with Crippen LogP contribution in [0.1, 0.15) is 39.5 Å². The summed E-state index contributed by atoms with van der Waals surface area (Å²) in [5.74, 6) is -0.202. The SMILES string of the molecule is Cc1ccc(N(C)C(=O)NC2CCc3cc(C(=O)Nc4ccccc4N)ccc32)cc1. The first kappa shape index (κ1) is 20.5. The number of para-hydroxylation sites is 2. The highest BCUT2D eigenvalue weighted by Crippen LogP contribution is 2.32. The highest BCUT2D eigenvalue weighted by Gasteiger charge is 2.26. The fraction of sp³-hybridized carbons (Fsp3) is 0.200. The van der Waals surface area contributed by atoms with E-state index in [1.807, 2.05) is 55.5 Å². The summed E-state index contributed by atoms with van der Waals surface area (Å²) in [6.45, 7) is 2.02. The highest BCUT2D eigenvalue weighted by molar-refractivity contribution is 6.06. The molecule has 1 unspecified atom stereocenters. The lowest BCUT2D eigenvalue weighted by Crippen LogP contribution is -2.38. The lowest BCUT2D eigenvalue weighted by atomic mass is 10.0. The number of benzene rings is 3. The average Bonchev–Trinajstić information content (AvgIpc) is 3.17. The zero-order valence-electron chi connectivity index (χ0n) is 17.7. The molecule has 6 nitrogen and oxygen atoms in total. The predicted molar refractivity (Wildman–Crippen MR) is 124 cm³/mol. The summed E-state index contributed by atoms with van der Waals surface area (Å²) < 4.78 is 0. The number of carbonyl (C=O) groups is 2. The van der Waals surface area contributed by atoms with Crippen molar-refractivity contribution >= 4 is 29.0 Å². The lowest BCUT2D eigenvalue weighted by molar-refractivity contribution is 0.102. The Kier molecular flexibility index (Phi) is 5.62. The number of hydrogen-bond acceptors (Lipinski definition) is 3. The number of amides is 3. The fourth-order valence-corrected chi connectivity index (χ4v) is 3.85. The Morgan fingerprint density at radius 2 is 1.77 bits per heavy atom. The van der Waals surface area contributed by atoms with Gasteiger partial charge in [0.25, 0.3) is 5.91 Å². The number of nitrogens with two attached hydrogens (primary N) is 1. The number of fused-ring (bicyclic) bond motifs is 1. The number of urea groups is 1. The Bertz CT molecular complexity index is 1120. The van der Waals surface area contributed by atoms with Crippen LogP contribution in [0.2, 0.25) is 0 Å². The molecule has 0 spiro atoms. The quantitative estimate of drug-likeness (QED) is 0.543. The highest BCUT2D eigenvalue weighted by atomic mass is 16.2. The molecule has 3 amide bonds. The molecular weight excluding hydrogens is 388 g/mol. The van der Waals surface area contributed by atoms with Crippen LogP contribution >= 0.6 is 0 Å². The van der Waals surface area contributed by atoms with Gasteiger partial charge < -0.3 is 16.4 Å². The van der Waals surface area contributed by atoms with Crippen LogP contribution in [0.3, 0.4) is 0 Å². The van der Waals surface area contributed by atoms with Crippen molar-refractivity contribution in [3.05, 3.63) is 89.0 Å². The van der Waals surface area contributed by atoms with E-state index in [1.54, 1.807) is 30.1 Å². The van der Waals surface area contributed by atoms with Crippen LogP contribution in [0.4, 0.5) is 21.9 Å². The van der Waals surface area contributed by atoms with Gasteiger partial charge in [-0.2, -0.15) is 0 Å².